The molecule has 0 rings (SSSR count). The van der Waals surface area contributed by atoms with Crippen LogP contribution in [0.4, 0.5) is 0 Å². The Hall–Kier alpha value is -2.89. The average molecular weight is 360 g/mol. The molecule has 0 aliphatic heterocycles. The monoisotopic (exact) mass is 360 g/mol. The van der Waals surface area contributed by atoms with Crippen molar-refractivity contribution in [1.82, 2.24) is 16.0 Å². The standard InChI is InChI=1S/C13H24N6O6/c1-6(12(24)25)18-11(23)8(3-2-4-17-13(15)16)19-10(22)7(14)5-9(20)21/h6-8H,2-5,14H2,1H3,(H,18,23)(H,19,22)(H,20,21)(H,24,25)(H4,15,16,17)/t6-,7+,8+/m1/s1. The maximum Gasteiger partial charge on any atom is 0.325 e. The Morgan fingerprint density at radius 3 is 2.20 bits per heavy atom. The molecule has 0 aliphatic carbocycles. The minimum Gasteiger partial charge on any atom is -0.481 e. The molecule has 0 fully saturated rings. The van der Waals surface area contributed by atoms with Crippen LogP contribution < -0.4 is 27.4 Å². The molecule has 0 heterocycles. The minimum absolute atomic E-state index is 0.101. The number of carboxylic acids is 2. The Balaban J connectivity index is 4.83. The molecular formula is C13H24N6O6. The first-order chi connectivity index (χ1) is 11.5. The first kappa shape index (κ1) is 22.1. The highest BCUT2D eigenvalue weighted by atomic mass is 16.4. The predicted molar refractivity (Wildman–Crippen MR) is 86.6 cm³/mol. The number of carbonyl (C=O) groups is 4. The summed E-state index contributed by atoms with van der Waals surface area (Å²) >= 11 is 0. The van der Waals surface area contributed by atoms with Crippen molar-refractivity contribution < 1.29 is 29.4 Å². The molecule has 0 aliphatic rings. The van der Waals surface area contributed by atoms with Gasteiger partial charge in [0.25, 0.3) is 0 Å². The summed E-state index contributed by atoms with van der Waals surface area (Å²) in [6, 6.07) is -3.63. The second kappa shape index (κ2) is 10.8. The number of carbonyl (C=O) groups excluding carboxylic acids is 2. The van der Waals surface area contributed by atoms with Crippen molar-refractivity contribution in [1.29, 1.82) is 5.41 Å². The quantitative estimate of drug-likeness (QED) is 0.107. The minimum atomic E-state index is -1.35. The van der Waals surface area contributed by atoms with Crippen LogP contribution in [0.25, 0.3) is 0 Å². The van der Waals surface area contributed by atoms with Gasteiger partial charge in [-0.05, 0) is 19.8 Å². The van der Waals surface area contributed by atoms with Crippen molar-refractivity contribution in [2.24, 2.45) is 11.5 Å². The molecule has 3 atom stereocenters. The second-order valence-electron chi connectivity index (χ2n) is 5.32. The van der Waals surface area contributed by atoms with Gasteiger partial charge >= 0.3 is 11.9 Å². The molecule has 0 saturated carbocycles. The molecule has 142 valence electrons. The van der Waals surface area contributed by atoms with Crippen LogP contribution in [0.15, 0.2) is 0 Å². The van der Waals surface area contributed by atoms with Gasteiger partial charge < -0.3 is 37.6 Å². The van der Waals surface area contributed by atoms with E-state index in [0.717, 1.165) is 0 Å². The SMILES string of the molecule is C[C@@H](NC(=O)[C@H](CCCNC(=N)N)NC(=O)[C@@H](N)CC(=O)O)C(=O)O. The van der Waals surface area contributed by atoms with Crippen molar-refractivity contribution in [3.8, 4) is 0 Å². The van der Waals surface area contributed by atoms with Gasteiger partial charge in [0.2, 0.25) is 11.8 Å². The zero-order valence-electron chi connectivity index (χ0n) is 13.7. The highest BCUT2D eigenvalue weighted by Gasteiger charge is 2.26. The fourth-order valence-corrected chi connectivity index (χ4v) is 1.73. The first-order valence-electron chi connectivity index (χ1n) is 7.43. The van der Waals surface area contributed by atoms with Gasteiger partial charge in [-0.15, -0.1) is 0 Å². The lowest BCUT2D eigenvalue weighted by molar-refractivity contribution is -0.142. The van der Waals surface area contributed by atoms with Gasteiger partial charge in [-0.3, -0.25) is 24.6 Å². The molecule has 25 heavy (non-hydrogen) atoms. The number of amides is 2. The van der Waals surface area contributed by atoms with Crippen LogP contribution in [0.5, 0.6) is 0 Å². The lowest BCUT2D eigenvalue weighted by Gasteiger charge is -2.21. The van der Waals surface area contributed by atoms with Crippen LogP contribution in [0.3, 0.4) is 0 Å². The maximum atomic E-state index is 12.1. The zero-order valence-corrected chi connectivity index (χ0v) is 13.7. The van der Waals surface area contributed by atoms with Crippen LogP contribution in [-0.2, 0) is 19.2 Å². The van der Waals surface area contributed by atoms with Crippen molar-refractivity contribution >= 4 is 29.7 Å². The molecule has 10 N–H and O–H groups in total. The van der Waals surface area contributed by atoms with Gasteiger partial charge in [-0.1, -0.05) is 0 Å². The van der Waals surface area contributed by atoms with Crippen LogP contribution in [0.2, 0.25) is 0 Å². The molecule has 12 heteroatoms. The van der Waals surface area contributed by atoms with Gasteiger partial charge in [-0.25, -0.2) is 0 Å². The molecule has 2 amide bonds. The number of aliphatic carboxylic acids is 2. The van der Waals surface area contributed by atoms with Crippen LogP contribution in [-0.4, -0.2) is 64.6 Å². The van der Waals surface area contributed by atoms with E-state index in [1.807, 2.05) is 0 Å². The third-order valence-electron chi connectivity index (χ3n) is 3.08. The van der Waals surface area contributed by atoms with E-state index in [-0.39, 0.29) is 18.9 Å². The van der Waals surface area contributed by atoms with E-state index < -0.39 is 48.3 Å². The van der Waals surface area contributed by atoms with Crippen LogP contribution in [0.1, 0.15) is 26.2 Å². The first-order valence-corrected chi connectivity index (χ1v) is 7.43. The fraction of sp³-hybridized carbons (Fsp3) is 0.615. The smallest absolute Gasteiger partial charge is 0.325 e. The summed E-state index contributed by atoms with van der Waals surface area (Å²) in [5.74, 6) is -4.36. The maximum absolute atomic E-state index is 12.1. The van der Waals surface area contributed by atoms with E-state index in [2.05, 4.69) is 16.0 Å². The van der Waals surface area contributed by atoms with Gasteiger partial charge in [0.1, 0.15) is 12.1 Å². The Morgan fingerprint density at radius 1 is 1.12 bits per heavy atom. The van der Waals surface area contributed by atoms with Crippen molar-refractivity contribution in [2.45, 2.75) is 44.3 Å². The Bertz CT molecular complexity index is 525. The summed E-state index contributed by atoms with van der Waals surface area (Å²) in [6.07, 6.45) is -0.185. The third-order valence-corrected chi connectivity index (χ3v) is 3.08. The molecule has 0 aromatic carbocycles. The predicted octanol–water partition coefficient (Wildman–Crippen LogP) is -2.87. The summed E-state index contributed by atoms with van der Waals surface area (Å²) in [4.78, 5) is 45.4. The summed E-state index contributed by atoms with van der Waals surface area (Å²) in [7, 11) is 0. The van der Waals surface area contributed by atoms with Gasteiger partial charge in [0.15, 0.2) is 5.96 Å². The van der Waals surface area contributed by atoms with E-state index in [0.29, 0.717) is 6.42 Å². The van der Waals surface area contributed by atoms with E-state index in [9.17, 15) is 19.2 Å². The molecular weight excluding hydrogens is 336 g/mol. The summed E-state index contributed by atoms with van der Waals surface area (Å²) in [5.41, 5.74) is 10.6. The van der Waals surface area contributed by atoms with Crippen molar-refractivity contribution in [3.63, 3.8) is 0 Å². The third kappa shape index (κ3) is 9.76. The lowest BCUT2D eigenvalue weighted by Crippen LogP contribution is -2.54. The number of hydrogen-bond acceptors (Lipinski definition) is 6. The molecule has 0 unspecified atom stereocenters. The van der Waals surface area contributed by atoms with Gasteiger partial charge in [0, 0.05) is 6.54 Å². The van der Waals surface area contributed by atoms with Gasteiger partial charge in [0.05, 0.1) is 12.5 Å². The highest BCUT2D eigenvalue weighted by molar-refractivity contribution is 5.92. The van der Waals surface area contributed by atoms with Crippen LogP contribution >= 0.6 is 0 Å². The van der Waals surface area contributed by atoms with E-state index in [1.165, 1.54) is 6.92 Å². The Morgan fingerprint density at radius 2 is 1.72 bits per heavy atom. The summed E-state index contributed by atoms with van der Waals surface area (Å²) < 4.78 is 0. The molecule has 0 aromatic rings. The second-order valence-corrected chi connectivity index (χ2v) is 5.32. The fourth-order valence-electron chi connectivity index (χ4n) is 1.73. The Kier molecular flexibility index (Phi) is 9.56. The van der Waals surface area contributed by atoms with E-state index >= 15 is 0 Å². The van der Waals surface area contributed by atoms with Crippen LogP contribution in [0, 0.1) is 5.41 Å². The van der Waals surface area contributed by atoms with Crippen molar-refractivity contribution in [3.05, 3.63) is 0 Å². The summed E-state index contributed by atoms with van der Waals surface area (Å²) in [6.45, 7) is 1.51. The molecule has 0 saturated heterocycles. The van der Waals surface area contributed by atoms with E-state index in [4.69, 9.17) is 27.1 Å². The molecule has 0 spiro atoms. The molecule has 0 aromatic heterocycles. The van der Waals surface area contributed by atoms with Gasteiger partial charge in [-0.2, -0.15) is 0 Å². The normalized spacial score (nSPS) is 13.8. The number of nitrogens with two attached hydrogens (primary N) is 2. The number of nitrogens with one attached hydrogen (secondary N) is 4. The largest absolute Gasteiger partial charge is 0.481 e. The number of hydrogen-bond donors (Lipinski definition) is 8. The highest BCUT2D eigenvalue weighted by Crippen LogP contribution is 2.00. The average Bonchev–Trinajstić information content (AvgIpc) is 2.48. The number of guanidine groups is 1. The number of carboxylic acid groups (broad SMARTS) is 2. The topological polar surface area (TPSA) is 221 Å². The zero-order chi connectivity index (χ0) is 19.6. The lowest BCUT2D eigenvalue weighted by atomic mass is 10.1. The summed E-state index contributed by atoms with van der Waals surface area (Å²) in [5, 5.41) is 31.5. The number of rotatable bonds is 11. The molecule has 0 radical (unpaired) electrons. The molecule has 12 nitrogen and oxygen atoms in total. The Labute approximate surface area is 143 Å². The van der Waals surface area contributed by atoms with E-state index in [1.54, 1.807) is 0 Å². The van der Waals surface area contributed by atoms with Crippen molar-refractivity contribution in [2.75, 3.05) is 6.54 Å². The molecule has 0 bridgehead atoms.